The minimum absolute atomic E-state index is 0.329. The summed E-state index contributed by atoms with van der Waals surface area (Å²) in [6.45, 7) is 2.43. The molecule has 6 heteroatoms. The van der Waals surface area contributed by atoms with Crippen LogP contribution in [0.1, 0.15) is 27.7 Å². The second-order valence-corrected chi connectivity index (χ2v) is 7.18. The van der Waals surface area contributed by atoms with Gasteiger partial charge in [0, 0.05) is 4.88 Å². The van der Waals surface area contributed by atoms with Crippen LogP contribution in [0.25, 0.3) is 0 Å². The van der Waals surface area contributed by atoms with E-state index in [-0.39, 0.29) is 5.91 Å². The van der Waals surface area contributed by atoms with Crippen molar-refractivity contribution in [1.29, 1.82) is 0 Å². The molecule has 28 heavy (non-hydrogen) atoms. The number of hydrogen-bond acceptors (Lipinski definition) is 5. The van der Waals surface area contributed by atoms with Crippen LogP contribution >= 0.6 is 11.3 Å². The first-order valence-corrected chi connectivity index (χ1v) is 9.77. The molecule has 0 bridgehead atoms. The van der Waals surface area contributed by atoms with Crippen molar-refractivity contribution in [3.63, 3.8) is 0 Å². The van der Waals surface area contributed by atoms with Gasteiger partial charge in [0.15, 0.2) is 6.10 Å². The van der Waals surface area contributed by atoms with Crippen LogP contribution in [0.5, 0.6) is 5.75 Å². The van der Waals surface area contributed by atoms with Crippen LogP contribution in [0.2, 0.25) is 0 Å². The zero-order valence-corrected chi connectivity index (χ0v) is 16.3. The molecule has 1 heterocycles. The van der Waals surface area contributed by atoms with Gasteiger partial charge in [-0.1, -0.05) is 36.4 Å². The molecule has 2 aromatic carbocycles. The zero-order valence-electron chi connectivity index (χ0n) is 15.5. The standard InChI is InChI=1S/C22H21NO4S/c1-16(21(24)23-14-20-8-5-13-28-20)27-22(25)18-9-11-19(12-10-18)26-15-17-6-3-2-4-7-17/h2-13,16H,14-15H2,1H3,(H,23,24)/t16-/m0/s1. The highest BCUT2D eigenvalue weighted by Gasteiger charge is 2.18. The number of ether oxygens (including phenoxy) is 2. The predicted octanol–water partition coefficient (Wildman–Crippen LogP) is 4.19. The molecule has 3 aromatic rings. The first-order chi connectivity index (χ1) is 13.6. The summed E-state index contributed by atoms with van der Waals surface area (Å²) >= 11 is 1.56. The SMILES string of the molecule is C[C@H](OC(=O)c1ccc(OCc2ccccc2)cc1)C(=O)NCc1cccs1. The van der Waals surface area contributed by atoms with Gasteiger partial charge in [0.05, 0.1) is 12.1 Å². The van der Waals surface area contributed by atoms with E-state index in [0.29, 0.717) is 24.5 Å². The van der Waals surface area contributed by atoms with E-state index in [1.54, 1.807) is 42.5 Å². The lowest BCUT2D eigenvalue weighted by Crippen LogP contribution is -2.35. The monoisotopic (exact) mass is 395 g/mol. The van der Waals surface area contributed by atoms with Gasteiger partial charge in [-0.3, -0.25) is 4.79 Å². The Balaban J connectivity index is 1.47. The number of esters is 1. The van der Waals surface area contributed by atoms with E-state index in [1.807, 2.05) is 47.8 Å². The topological polar surface area (TPSA) is 64.6 Å². The third-order valence-electron chi connectivity index (χ3n) is 4.01. The highest BCUT2D eigenvalue weighted by molar-refractivity contribution is 7.09. The van der Waals surface area contributed by atoms with Crippen molar-refractivity contribution in [2.24, 2.45) is 0 Å². The molecule has 5 nitrogen and oxygen atoms in total. The average Bonchev–Trinajstić information content (AvgIpc) is 3.25. The molecule has 0 spiro atoms. The van der Waals surface area contributed by atoms with Crippen molar-refractivity contribution in [1.82, 2.24) is 5.32 Å². The molecule has 0 aliphatic rings. The number of hydrogen-bond donors (Lipinski definition) is 1. The fourth-order valence-corrected chi connectivity index (χ4v) is 3.09. The minimum Gasteiger partial charge on any atom is -0.489 e. The average molecular weight is 395 g/mol. The van der Waals surface area contributed by atoms with Gasteiger partial charge in [0.25, 0.3) is 5.91 Å². The number of rotatable bonds is 8. The molecule has 1 atom stereocenters. The van der Waals surface area contributed by atoms with Crippen LogP contribution in [0.3, 0.4) is 0 Å². The van der Waals surface area contributed by atoms with Gasteiger partial charge in [-0.25, -0.2) is 4.79 Å². The third-order valence-corrected chi connectivity index (χ3v) is 4.88. The normalized spacial score (nSPS) is 11.5. The smallest absolute Gasteiger partial charge is 0.338 e. The Morgan fingerprint density at radius 3 is 2.43 bits per heavy atom. The van der Waals surface area contributed by atoms with E-state index in [0.717, 1.165) is 10.4 Å². The Kier molecular flexibility index (Phi) is 6.81. The van der Waals surface area contributed by atoms with Crippen LogP contribution in [0.15, 0.2) is 72.1 Å². The number of carbonyl (C=O) groups is 2. The Labute approximate surface area is 167 Å². The molecule has 1 aromatic heterocycles. The molecule has 0 radical (unpaired) electrons. The lowest BCUT2D eigenvalue weighted by molar-refractivity contribution is -0.129. The predicted molar refractivity (Wildman–Crippen MR) is 108 cm³/mol. The molecule has 0 aliphatic carbocycles. The Bertz CT molecular complexity index is 892. The van der Waals surface area contributed by atoms with Crippen molar-refractivity contribution in [2.75, 3.05) is 0 Å². The van der Waals surface area contributed by atoms with E-state index in [2.05, 4.69) is 5.32 Å². The molecule has 0 fully saturated rings. The summed E-state index contributed by atoms with van der Waals surface area (Å²) in [5, 5.41) is 4.70. The molecular weight excluding hydrogens is 374 g/mol. The van der Waals surface area contributed by atoms with Crippen LogP contribution in [0.4, 0.5) is 0 Å². The van der Waals surface area contributed by atoms with Gasteiger partial charge >= 0.3 is 5.97 Å². The summed E-state index contributed by atoms with van der Waals surface area (Å²) < 4.78 is 10.9. The number of benzene rings is 2. The van der Waals surface area contributed by atoms with Crippen LogP contribution in [0, 0.1) is 0 Å². The summed E-state index contributed by atoms with van der Waals surface area (Å²) in [5.74, 6) is -0.222. The fraction of sp³-hybridized carbons (Fsp3) is 0.182. The third kappa shape index (κ3) is 5.69. The summed E-state index contributed by atoms with van der Waals surface area (Å²) in [6, 6.07) is 20.3. The summed E-state index contributed by atoms with van der Waals surface area (Å²) in [7, 11) is 0. The molecular formula is C22H21NO4S. The Morgan fingerprint density at radius 2 is 1.75 bits per heavy atom. The van der Waals surface area contributed by atoms with Gasteiger partial charge in [-0.2, -0.15) is 0 Å². The molecule has 1 amide bonds. The van der Waals surface area contributed by atoms with Crippen LogP contribution in [-0.2, 0) is 22.7 Å². The number of nitrogens with one attached hydrogen (secondary N) is 1. The Morgan fingerprint density at radius 1 is 1.00 bits per heavy atom. The summed E-state index contributed by atoms with van der Waals surface area (Å²) in [5.41, 5.74) is 1.43. The van der Waals surface area contributed by atoms with Crippen molar-refractivity contribution < 1.29 is 19.1 Å². The molecule has 1 N–H and O–H groups in total. The molecule has 3 rings (SSSR count). The zero-order chi connectivity index (χ0) is 19.8. The molecule has 0 aliphatic heterocycles. The molecule has 144 valence electrons. The van der Waals surface area contributed by atoms with Crippen molar-refractivity contribution in [3.05, 3.63) is 88.1 Å². The largest absolute Gasteiger partial charge is 0.489 e. The first kappa shape index (κ1) is 19.6. The summed E-state index contributed by atoms with van der Waals surface area (Å²) in [6.07, 6.45) is -0.874. The van der Waals surface area contributed by atoms with Gasteiger partial charge < -0.3 is 14.8 Å². The lowest BCUT2D eigenvalue weighted by Gasteiger charge is -2.13. The van der Waals surface area contributed by atoms with Gasteiger partial charge in [0.1, 0.15) is 12.4 Å². The Hall–Kier alpha value is -3.12. The second-order valence-electron chi connectivity index (χ2n) is 6.14. The van der Waals surface area contributed by atoms with E-state index in [1.165, 1.54) is 0 Å². The van der Waals surface area contributed by atoms with Crippen LogP contribution in [-0.4, -0.2) is 18.0 Å². The highest BCUT2D eigenvalue weighted by atomic mass is 32.1. The number of amides is 1. The van der Waals surface area contributed by atoms with Gasteiger partial charge in [0.2, 0.25) is 0 Å². The first-order valence-electron chi connectivity index (χ1n) is 8.89. The molecule has 0 saturated carbocycles. The van der Waals surface area contributed by atoms with Gasteiger partial charge in [-0.15, -0.1) is 11.3 Å². The van der Waals surface area contributed by atoms with E-state index in [4.69, 9.17) is 9.47 Å². The molecule has 0 saturated heterocycles. The number of thiophene rings is 1. The maximum Gasteiger partial charge on any atom is 0.338 e. The maximum atomic E-state index is 12.2. The van der Waals surface area contributed by atoms with Crippen molar-refractivity contribution in [3.8, 4) is 5.75 Å². The van der Waals surface area contributed by atoms with Gasteiger partial charge in [-0.05, 0) is 48.2 Å². The van der Waals surface area contributed by atoms with Crippen LogP contribution < -0.4 is 10.1 Å². The minimum atomic E-state index is -0.874. The summed E-state index contributed by atoms with van der Waals surface area (Å²) in [4.78, 5) is 25.4. The lowest BCUT2D eigenvalue weighted by atomic mass is 10.2. The second kappa shape index (κ2) is 9.71. The van der Waals surface area contributed by atoms with E-state index >= 15 is 0 Å². The van der Waals surface area contributed by atoms with E-state index < -0.39 is 12.1 Å². The van der Waals surface area contributed by atoms with E-state index in [9.17, 15) is 9.59 Å². The maximum absolute atomic E-state index is 12.2. The fourth-order valence-electron chi connectivity index (χ4n) is 2.44. The van der Waals surface area contributed by atoms with Crippen molar-refractivity contribution >= 4 is 23.2 Å². The van der Waals surface area contributed by atoms with Crippen molar-refractivity contribution in [2.45, 2.75) is 26.2 Å². The quantitative estimate of drug-likeness (QED) is 0.581. The number of carbonyl (C=O) groups excluding carboxylic acids is 2. The highest BCUT2D eigenvalue weighted by Crippen LogP contribution is 2.15. The molecule has 0 unspecified atom stereocenters.